The molecule has 1 heterocycles. The summed E-state index contributed by atoms with van der Waals surface area (Å²) in [5.41, 5.74) is 9.43. The maximum atomic E-state index is 13.2. The van der Waals surface area contributed by atoms with Crippen molar-refractivity contribution in [1.29, 1.82) is 5.26 Å². The number of rotatable bonds is 5. The van der Waals surface area contributed by atoms with E-state index in [1.807, 2.05) is 63.2 Å². The molecule has 6 heteroatoms. The van der Waals surface area contributed by atoms with Gasteiger partial charge in [-0.25, -0.2) is 0 Å². The molecule has 2 aromatic rings. The van der Waals surface area contributed by atoms with Crippen LogP contribution in [0.25, 0.3) is 0 Å². The van der Waals surface area contributed by atoms with Crippen LogP contribution in [0.3, 0.4) is 0 Å². The molecule has 1 atom stereocenters. The molecule has 1 aliphatic heterocycles. The minimum absolute atomic E-state index is 0.0141. The number of allylic oxidation sites excluding steroid dienone is 3. The molecule has 0 fully saturated rings. The number of carbonyl (C=O) groups is 1. The standard InChI is InChI=1S/C27H28N2O4/c1-16-5-8-19(9-6-16)32-15-18-11-17(7-10-22(18)31-4)24-20(14-28)26(29)33-23-13-27(2,3)12-21(30)25(23)24/h5-11,24H,12-13,15,29H2,1-4H3. The van der Waals surface area contributed by atoms with Crippen LogP contribution in [0.2, 0.25) is 0 Å². The van der Waals surface area contributed by atoms with E-state index in [1.165, 1.54) is 0 Å². The van der Waals surface area contributed by atoms with Crippen molar-refractivity contribution in [2.75, 3.05) is 7.11 Å². The number of nitrogens with two attached hydrogens (primary N) is 1. The Balaban J connectivity index is 1.74. The number of carbonyl (C=O) groups excluding carboxylic acids is 1. The number of ketones is 1. The molecule has 6 nitrogen and oxygen atoms in total. The molecule has 2 aliphatic rings. The highest BCUT2D eigenvalue weighted by Crippen LogP contribution is 2.48. The van der Waals surface area contributed by atoms with Crippen molar-refractivity contribution in [3.8, 4) is 17.6 Å². The molecule has 170 valence electrons. The SMILES string of the molecule is COc1ccc(C2C(C#N)=C(N)OC3=C2C(=O)CC(C)(C)C3)cc1COc1ccc(C)cc1. The number of hydrogen-bond donors (Lipinski definition) is 1. The molecule has 0 bridgehead atoms. The summed E-state index contributed by atoms with van der Waals surface area (Å²) in [5.74, 6) is 1.44. The lowest BCUT2D eigenvalue weighted by Gasteiger charge is -2.37. The normalized spacial score (nSPS) is 19.5. The number of ether oxygens (including phenoxy) is 3. The smallest absolute Gasteiger partial charge is 0.205 e. The van der Waals surface area contributed by atoms with Gasteiger partial charge in [-0.3, -0.25) is 4.79 Å². The van der Waals surface area contributed by atoms with Gasteiger partial charge in [-0.2, -0.15) is 5.26 Å². The van der Waals surface area contributed by atoms with Crippen molar-refractivity contribution in [2.45, 2.75) is 46.1 Å². The summed E-state index contributed by atoms with van der Waals surface area (Å²) in [6.07, 6.45) is 0.980. The Kier molecular flexibility index (Phi) is 5.90. The van der Waals surface area contributed by atoms with Crippen molar-refractivity contribution in [2.24, 2.45) is 11.1 Å². The topological polar surface area (TPSA) is 94.6 Å². The predicted octanol–water partition coefficient (Wildman–Crippen LogP) is 5.03. The fraction of sp³-hybridized carbons (Fsp3) is 0.333. The molecule has 1 aliphatic carbocycles. The van der Waals surface area contributed by atoms with Crippen LogP contribution in [0.15, 0.2) is 65.3 Å². The molecule has 0 saturated heterocycles. The monoisotopic (exact) mass is 444 g/mol. The van der Waals surface area contributed by atoms with E-state index in [-0.39, 0.29) is 29.3 Å². The Bertz CT molecular complexity index is 1200. The average Bonchev–Trinajstić information content (AvgIpc) is 2.76. The number of hydrogen-bond acceptors (Lipinski definition) is 6. The average molecular weight is 445 g/mol. The molecular formula is C27H28N2O4. The second-order valence-electron chi connectivity index (χ2n) is 9.38. The van der Waals surface area contributed by atoms with Crippen molar-refractivity contribution in [3.63, 3.8) is 0 Å². The zero-order valence-electron chi connectivity index (χ0n) is 19.4. The molecule has 0 aromatic heterocycles. The van der Waals surface area contributed by atoms with Gasteiger partial charge in [0.15, 0.2) is 5.78 Å². The quantitative estimate of drug-likeness (QED) is 0.695. The maximum absolute atomic E-state index is 13.2. The van der Waals surface area contributed by atoms with Gasteiger partial charge >= 0.3 is 0 Å². The Hall–Kier alpha value is -3.72. The lowest BCUT2D eigenvalue weighted by molar-refractivity contribution is -0.119. The lowest BCUT2D eigenvalue weighted by atomic mass is 9.70. The summed E-state index contributed by atoms with van der Waals surface area (Å²) < 4.78 is 17.3. The third-order valence-corrected chi connectivity index (χ3v) is 6.13. The van der Waals surface area contributed by atoms with Crippen LogP contribution in [0.4, 0.5) is 0 Å². The zero-order valence-corrected chi connectivity index (χ0v) is 19.4. The second kappa shape index (κ2) is 8.67. The van der Waals surface area contributed by atoms with Gasteiger partial charge in [0.25, 0.3) is 0 Å². The summed E-state index contributed by atoms with van der Waals surface area (Å²) in [6.45, 7) is 6.35. The van der Waals surface area contributed by atoms with Crippen LogP contribution in [0, 0.1) is 23.7 Å². The molecule has 0 radical (unpaired) electrons. The number of nitrogens with zero attached hydrogens (tertiary/aromatic N) is 1. The summed E-state index contributed by atoms with van der Waals surface area (Å²) in [6, 6.07) is 15.6. The van der Waals surface area contributed by atoms with Gasteiger partial charge in [0.2, 0.25) is 5.88 Å². The summed E-state index contributed by atoms with van der Waals surface area (Å²) in [5, 5.41) is 9.87. The van der Waals surface area contributed by atoms with Gasteiger partial charge in [0.1, 0.15) is 35.5 Å². The van der Waals surface area contributed by atoms with E-state index in [1.54, 1.807) is 7.11 Å². The van der Waals surface area contributed by atoms with Crippen LogP contribution in [-0.2, 0) is 16.1 Å². The maximum Gasteiger partial charge on any atom is 0.205 e. The Morgan fingerprint density at radius 3 is 2.58 bits per heavy atom. The predicted molar refractivity (Wildman–Crippen MR) is 124 cm³/mol. The molecular weight excluding hydrogens is 416 g/mol. The summed E-state index contributed by atoms with van der Waals surface area (Å²) >= 11 is 0. The van der Waals surface area contributed by atoms with Crippen LogP contribution < -0.4 is 15.2 Å². The highest BCUT2D eigenvalue weighted by molar-refractivity contribution is 6.00. The van der Waals surface area contributed by atoms with E-state index in [4.69, 9.17) is 19.9 Å². The van der Waals surface area contributed by atoms with Crippen LogP contribution in [-0.4, -0.2) is 12.9 Å². The minimum atomic E-state index is -0.577. The number of nitriles is 1. The Morgan fingerprint density at radius 1 is 1.18 bits per heavy atom. The first kappa shape index (κ1) is 22.5. The van der Waals surface area contributed by atoms with Crippen molar-refractivity contribution < 1.29 is 19.0 Å². The van der Waals surface area contributed by atoms with Crippen molar-refractivity contribution in [3.05, 3.63) is 81.9 Å². The molecule has 2 aromatic carbocycles. The molecule has 1 unspecified atom stereocenters. The van der Waals surface area contributed by atoms with Gasteiger partial charge < -0.3 is 19.9 Å². The molecule has 0 spiro atoms. The van der Waals surface area contributed by atoms with E-state index in [0.717, 1.165) is 22.4 Å². The highest BCUT2D eigenvalue weighted by atomic mass is 16.5. The van der Waals surface area contributed by atoms with Gasteiger partial charge in [0.05, 0.1) is 13.0 Å². The number of methoxy groups -OCH3 is 1. The third kappa shape index (κ3) is 4.45. The zero-order chi connectivity index (χ0) is 23.8. The van der Waals surface area contributed by atoms with E-state index in [2.05, 4.69) is 6.07 Å². The molecule has 0 amide bonds. The van der Waals surface area contributed by atoms with Crippen LogP contribution in [0.5, 0.6) is 11.5 Å². The lowest BCUT2D eigenvalue weighted by Crippen LogP contribution is -2.33. The molecule has 2 N–H and O–H groups in total. The Morgan fingerprint density at radius 2 is 1.91 bits per heavy atom. The molecule has 33 heavy (non-hydrogen) atoms. The second-order valence-corrected chi connectivity index (χ2v) is 9.38. The van der Waals surface area contributed by atoms with Gasteiger partial charge in [-0.1, -0.05) is 37.6 Å². The van der Waals surface area contributed by atoms with E-state index in [9.17, 15) is 10.1 Å². The fourth-order valence-corrected chi connectivity index (χ4v) is 4.50. The Labute approximate surface area is 194 Å². The summed E-state index contributed by atoms with van der Waals surface area (Å²) in [4.78, 5) is 13.2. The minimum Gasteiger partial charge on any atom is -0.496 e. The van der Waals surface area contributed by atoms with Crippen molar-refractivity contribution >= 4 is 5.78 Å². The van der Waals surface area contributed by atoms with Crippen LogP contribution >= 0.6 is 0 Å². The first-order valence-corrected chi connectivity index (χ1v) is 10.9. The molecule has 0 saturated carbocycles. The van der Waals surface area contributed by atoms with E-state index >= 15 is 0 Å². The number of benzene rings is 2. The fourth-order valence-electron chi connectivity index (χ4n) is 4.50. The summed E-state index contributed by atoms with van der Waals surface area (Å²) in [7, 11) is 1.60. The van der Waals surface area contributed by atoms with Crippen LogP contribution in [0.1, 0.15) is 49.3 Å². The third-order valence-electron chi connectivity index (χ3n) is 6.13. The van der Waals surface area contributed by atoms with Gasteiger partial charge in [-0.05, 0) is 42.2 Å². The van der Waals surface area contributed by atoms with Gasteiger partial charge in [0, 0.05) is 24.0 Å². The van der Waals surface area contributed by atoms with Crippen molar-refractivity contribution in [1.82, 2.24) is 0 Å². The van der Waals surface area contributed by atoms with Gasteiger partial charge in [-0.15, -0.1) is 0 Å². The van der Waals surface area contributed by atoms with E-state index in [0.29, 0.717) is 29.9 Å². The largest absolute Gasteiger partial charge is 0.496 e. The first-order chi connectivity index (χ1) is 15.7. The number of aryl methyl sites for hydroxylation is 1. The first-order valence-electron chi connectivity index (χ1n) is 10.9. The number of Topliss-reactive ketones (excluding diaryl/α,β-unsaturated/α-hetero) is 1. The highest BCUT2D eigenvalue weighted by Gasteiger charge is 2.43. The van der Waals surface area contributed by atoms with E-state index < -0.39 is 5.92 Å². The molecule has 4 rings (SSSR count).